The summed E-state index contributed by atoms with van der Waals surface area (Å²) in [6.45, 7) is 0.312. The number of rotatable bonds is 9. The van der Waals surface area contributed by atoms with E-state index in [0.717, 1.165) is 0 Å². The fourth-order valence-corrected chi connectivity index (χ4v) is 1.63. The van der Waals surface area contributed by atoms with Crippen molar-refractivity contribution in [3.8, 4) is 11.5 Å². The summed E-state index contributed by atoms with van der Waals surface area (Å²) in [5.41, 5.74) is -0.144. The lowest BCUT2D eigenvalue weighted by Crippen LogP contribution is -2.02. The molecule has 7 nitrogen and oxygen atoms in total. The summed E-state index contributed by atoms with van der Waals surface area (Å²) in [5.74, 6) is -0.240. The molecule has 20 heavy (non-hydrogen) atoms. The molecule has 0 spiro atoms. The molecule has 110 valence electrons. The molecule has 0 aliphatic rings. The van der Waals surface area contributed by atoms with Crippen molar-refractivity contribution < 1.29 is 24.3 Å². The van der Waals surface area contributed by atoms with Gasteiger partial charge in [-0.1, -0.05) is 0 Å². The summed E-state index contributed by atoms with van der Waals surface area (Å²) < 4.78 is 10.3. The first-order valence-electron chi connectivity index (χ1n) is 6.21. The summed E-state index contributed by atoms with van der Waals surface area (Å²) in [5, 5.41) is 19.4. The van der Waals surface area contributed by atoms with E-state index in [0.29, 0.717) is 31.6 Å². The van der Waals surface area contributed by atoms with Gasteiger partial charge in [-0.2, -0.15) is 0 Å². The van der Waals surface area contributed by atoms with Gasteiger partial charge >= 0.3 is 11.7 Å². The van der Waals surface area contributed by atoms with E-state index >= 15 is 0 Å². The van der Waals surface area contributed by atoms with Crippen LogP contribution in [0.15, 0.2) is 18.2 Å². The SMILES string of the molecule is COc1ccc(OCCCCCC(=O)O)c([N+](=O)[O-])c1. The number of nitrogens with zero attached hydrogens (tertiary/aromatic N) is 1. The maximum absolute atomic E-state index is 10.9. The van der Waals surface area contributed by atoms with E-state index < -0.39 is 10.9 Å². The first kappa shape index (κ1) is 15.7. The minimum atomic E-state index is -0.822. The number of carboxylic acids is 1. The molecule has 0 aromatic heterocycles. The van der Waals surface area contributed by atoms with Crippen molar-refractivity contribution in [1.29, 1.82) is 0 Å². The molecule has 0 bridgehead atoms. The zero-order valence-electron chi connectivity index (χ0n) is 11.2. The third-order valence-corrected chi connectivity index (χ3v) is 2.66. The molecule has 0 fully saturated rings. The van der Waals surface area contributed by atoms with Gasteiger partial charge in [0, 0.05) is 6.42 Å². The number of nitro groups is 1. The Kier molecular flexibility index (Phi) is 6.28. The number of ether oxygens (including phenoxy) is 2. The largest absolute Gasteiger partial charge is 0.496 e. The molecule has 0 heterocycles. The van der Waals surface area contributed by atoms with Crippen LogP contribution in [0.1, 0.15) is 25.7 Å². The Morgan fingerprint density at radius 1 is 1.35 bits per heavy atom. The predicted octanol–water partition coefficient (Wildman–Crippen LogP) is 2.63. The van der Waals surface area contributed by atoms with Crippen molar-refractivity contribution in [3.05, 3.63) is 28.3 Å². The van der Waals surface area contributed by atoms with Crippen molar-refractivity contribution in [3.63, 3.8) is 0 Å². The monoisotopic (exact) mass is 283 g/mol. The lowest BCUT2D eigenvalue weighted by molar-refractivity contribution is -0.385. The third kappa shape index (κ3) is 5.13. The Balaban J connectivity index is 2.47. The number of methoxy groups -OCH3 is 1. The van der Waals surface area contributed by atoms with Gasteiger partial charge in [-0.05, 0) is 31.4 Å². The Bertz CT molecular complexity index is 474. The predicted molar refractivity (Wildman–Crippen MR) is 71.2 cm³/mol. The van der Waals surface area contributed by atoms with Crippen LogP contribution in [-0.2, 0) is 4.79 Å². The van der Waals surface area contributed by atoms with E-state index in [4.69, 9.17) is 14.6 Å². The highest BCUT2D eigenvalue weighted by molar-refractivity contribution is 5.66. The second-order valence-corrected chi connectivity index (χ2v) is 4.14. The first-order chi connectivity index (χ1) is 9.54. The first-order valence-corrected chi connectivity index (χ1v) is 6.21. The van der Waals surface area contributed by atoms with Gasteiger partial charge in [-0.15, -0.1) is 0 Å². The van der Waals surface area contributed by atoms with Crippen LogP contribution >= 0.6 is 0 Å². The fourth-order valence-electron chi connectivity index (χ4n) is 1.63. The molecular weight excluding hydrogens is 266 g/mol. The normalized spacial score (nSPS) is 10.1. The molecule has 0 atom stereocenters. The average molecular weight is 283 g/mol. The summed E-state index contributed by atoms with van der Waals surface area (Å²) in [6.07, 6.45) is 2.05. The van der Waals surface area contributed by atoms with Crippen LogP contribution in [-0.4, -0.2) is 29.7 Å². The second kappa shape index (κ2) is 7.98. The Morgan fingerprint density at radius 2 is 2.10 bits per heavy atom. The minimum absolute atomic E-state index is 0.128. The van der Waals surface area contributed by atoms with Gasteiger partial charge in [0.1, 0.15) is 5.75 Å². The van der Waals surface area contributed by atoms with Gasteiger partial charge in [-0.25, -0.2) is 0 Å². The van der Waals surface area contributed by atoms with Gasteiger partial charge in [0.25, 0.3) is 0 Å². The summed E-state index contributed by atoms with van der Waals surface area (Å²) in [4.78, 5) is 20.7. The molecule has 0 radical (unpaired) electrons. The van der Waals surface area contributed by atoms with Crippen LogP contribution in [0.2, 0.25) is 0 Å². The molecule has 0 saturated carbocycles. The fraction of sp³-hybridized carbons (Fsp3) is 0.462. The summed E-state index contributed by atoms with van der Waals surface area (Å²) in [7, 11) is 1.43. The zero-order chi connectivity index (χ0) is 15.0. The number of hydrogen-bond donors (Lipinski definition) is 1. The van der Waals surface area contributed by atoms with E-state index in [1.807, 2.05) is 0 Å². The molecule has 1 aromatic rings. The molecule has 1 N–H and O–H groups in total. The molecule has 0 saturated heterocycles. The Hall–Kier alpha value is -2.31. The molecule has 1 aromatic carbocycles. The number of hydrogen-bond acceptors (Lipinski definition) is 5. The van der Waals surface area contributed by atoms with Gasteiger partial charge in [0.2, 0.25) is 0 Å². The van der Waals surface area contributed by atoms with Crippen molar-refractivity contribution >= 4 is 11.7 Å². The Morgan fingerprint density at radius 3 is 2.70 bits per heavy atom. The van der Waals surface area contributed by atoms with Crippen LogP contribution in [0.25, 0.3) is 0 Å². The summed E-state index contributed by atoms with van der Waals surface area (Å²) in [6, 6.07) is 4.39. The van der Waals surface area contributed by atoms with E-state index in [1.165, 1.54) is 19.2 Å². The lowest BCUT2D eigenvalue weighted by atomic mass is 10.2. The minimum Gasteiger partial charge on any atom is -0.496 e. The smallest absolute Gasteiger partial charge is 0.314 e. The quantitative estimate of drug-likeness (QED) is 0.425. The molecule has 0 aliphatic heterocycles. The highest BCUT2D eigenvalue weighted by Gasteiger charge is 2.16. The van der Waals surface area contributed by atoms with Gasteiger partial charge in [0.05, 0.1) is 24.7 Å². The molecular formula is C13H17NO6. The third-order valence-electron chi connectivity index (χ3n) is 2.66. The number of aliphatic carboxylic acids is 1. The van der Waals surface area contributed by atoms with Crippen molar-refractivity contribution in [1.82, 2.24) is 0 Å². The van der Waals surface area contributed by atoms with Crippen molar-refractivity contribution in [2.24, 2.45) is 0 Å². The van der Waals surface area contributed by atoms with Crippen LogP contribution in [0.5, 0.6) is 11.5 Å². The molecule has 0 unspecified atom stereocenters. The topological polar surface area (TPSA) is 98.9 Å². The number of benzene rings is 1. The zero-order valence-corrected chi connectivity index (χ0v) is 11.2. The highest BCUT2D eigenvalue weighted by Crippen LogP contribution is 2.31. The average Bonchev–Trinajstić information content (AvgIpc) is 2.42. The van der Waals surface area contributed by atoms with Crippen molar-refractivity contribution in [2.75, 3.05) is 13.7 Å². The number of nitro benzene ring substituents is 1. The maximum Gasteiger partial charge on any atom is 0.314 e. The van der Waals surface area contributed by atoms with Crippen LogP contribution < -0.4 is 9.47 Å². The Labute approximate surface area is 116 Å². The highest BCUT2D eigenvalue weighted by atomic mass is 16.6. The van der Waals surface area contributed by atoms with Crippen LogP contribution in [0.3, 0.4) is 0 Å². The van der Waals surface area contributed by atoms with E-state index in [9.17, 15) is 14.9 Å². The van der Waals surface area contributed by atoms with Gasteiger partial charge < -0.3 is 14.6 Å². The molecule has 0 amide bonds. The van der Waals surface area contributed by atoms with Crippen molar-refractivity contribution in [2.45, 2.75) is 25.7 Å². The van der Waals surface area contributed by atoms with E-state index in [1.54, 1.807) is 6.07 Å². The van der Waals surface area contributed by atoms with Crippen LogP contribution in [0, 0.1) is 10.1 Å². The number of unbranched alkanes of at least 4 members (excludes halogenated alkanes) is 2. The van der Waals surface area contributed by atoms with Gasteiger partial charge in [0.15, 0.2) is 5.75 Å². The molecule has 0 aliphatic carbocycles. The summed E-state index contributed by atoms with van der Waals surface area (Å²) >= 11 is 0. The standard InChI is InChI=1S/C13H17NO6/c1-19-10-6-7-12(11(9-10)14(17)18)20-8-4-2-3-5-13(15)16/h6-7,9H,2-5,8H2,1H3,(H,15,16). The maximum atomic E-state index is 10.9. The molecule has 1 rings (SSSR count). The second-order valence-electron chi connectivity index (χ2n) is 4.14. The van der Waals surface area contributed by atoms with E-state index in [2.05, 4.69) is 0 Å². The van der Waals surface area contributed by atoms with Gasteiger partial charge in [-0.3, -0.25) is 14.9 Å². The van der Waals surface area contributed by atoms with Crippen LogP contribution in [0.4, 0.5) is 5.69 Å². The number of carbonyl (C=O) groups is 1. The number of carboxylic acid groups (broad SMARTS) is 1. The molecule has 7 heteroatoms. The van der Waals surface area contributed by atoms with E-state index in [-0.39, 0.29) is 17.9 Å². The lowest BCUT2D eigenvalue weighted by Gasteiger charge is -2.07.